The number of aromatic amines is 1. The van der Waals surface area contributed by atoms with Gasteiger partial charge in [-0.25, -0.2) is 4.98 Å². The molecule has 1 fully saturated rings. The average Bonchev–Trinajstić information content (AvgIpc) is 3.39. The SMILES string of the molecule is O=C(Nc1ccc(-c2n[nH]c(C3CC3)n2)cc1)c1ccc([N+](=O)[O-])cc1Cl. The highest BCUT2D eigenvalue weighted by atomic mass is 35.5. The van der Waals surface area contributed by atoms with Gasteiger partial charge in [0.15, 0.2) is 5.82 Å². The van der Waals surface area contributed by atoms with Crippen molar-refractivity contribution in [3.8, 4) is 11.4 Å². The summed E-state index contributed by atoms with van der Waals surface area (Å²) in [7, 11) is 0. The number of benzene rings is 2. The van der Waals surface area contributed by atoms with Crippen LogP contribution in [0.2, 0.25) is 5.02 Å². The summed E-state index contributed by atoms with van der Waals surface area (Å²) in [5.41, 5.74) is 1.40. The predicted molar refractivity (Wildman–Crippen MR) is 99.9 cm³/mol. The van der Waals surface area contributed by atoms with Crippen molar-refractivity contribution < 1.29 is 9.72 Å². The average molecular weight is 384 g/mol. The third-order valence-electron chi connectivity index (χ3n) is 4.28. The molecule has 2 aromatic carbocycles. The van der Waals surface area contributed by atoms with Crippen molar-refractivity contribution in [3.05, 3.63) is 69.0 Å². The molecular formula is C18H14ClN5O3. The Kier molecular flexibility index (Phi) is 4.33. The molecule has 1 aliphatic carbocycles. The van der Waals surface area contributed by atoms with Crippen LogP contribution in [-0.2, 0) is 0 Å². The highest BCUT2D eigenvalue weighted by molar-refractivity contribution is 6.34. The number of carbonyl (C=O) groups is 1. The molecule has 27 heavy (non-hydrogen) atoms. The van der Waals surface area contributed by atoms with Crippen LogP contribution in [0.15, 0.2) is 42.5 Å². The van der Waals surface area contributed by atoms with Crippen LogP contribution < -0.4 is 5.32 Å². The van der Waals surface area contributed by atoms with Crippen molar-refractivity contribution in [2.24, 2.45) is 0 Å². The van der Waals surface area contributed by atoms with E-state index in [1.165, 1.54) is 12.1 Å². The normalized spacial score (nSPS) is 13.4. The molecule has 9 heteroatoms. The fraction of sp³-hybridized carbons (Fsp3) is 0.167. The van der Waals surface area contributed by atoms with Gasteiger partial charge in [-0.3, -0.25) is 20.0 Å². The van der Waals surface area contributed by atoms with Gasteiger partial charge in [-0.15, -0.1) is 0 Å². The molecule has 0 radical (unpaired) electrons. The molecule has 8 nitrogen and oxygen atoms in total. The van der Waals surface area contributed by atoms with Crippen LogP contribution in [0.1, 0.15) is 34.9 Å². The maximum atomic E-state index is 12.4. The second-order valence-corrected chi connectivity index (χ2v) is 6.68. The van der Waals surface area contributed by atoms with Crippen molar-refractivity contribution in [2.45, 2.75) is 18.8 Å². The molecule has 0 bridgehead atoms. The first-order chi connectivity index (χ1) is 13.0. The Hall–Kier alpha value is -3.26. The zero-order valence-electron chi connectivity index (χ0n) is 14.0. The van der Waals surface area contributed by atoms with Crippen LogP contribution in [0, 0.1) is 10.1 Å². The molecule has 1 saturated carbocycles. The molecule has 0 atom stereocenters. The number of non-ortho nitro benzene ring substituents is 1. The van der Waals surface area contributed by atoms with Gasteiger partial charge in [-0.1, -0.05) is 11.6 Å². The van der Waals surface area contributed by atoms with Gasteiger partial charge in [0, 0.05) is 29.3 Å². The van der Waals surface area contributed by atoms with Crippen LogP contribution in [-0.4, -0.2) is 26.0 Å². The van der Waals surface area contributed by atoms with Crippen molar-refractivity contribution in [2.75, 3.05) is 5.32 Å². The third kappa shape index (κ3) is 3.65. The van der Waals surface area contributed by atoms with Gasteiger partial charge >= 0.3 is 0 Å². The van der Waals surface area contributed by atoms with Crippen molar-refractivity contribution >= 4 is 28.9 Å². The van der Waals surface area contributed by atoms with E-state index in [4.69, 9.17) is 11.6 Å². The lowest BCUT2D eigenvalue weighted by atomic mass is 10.1. The van der Waals surface area contributed by atoms with Gasteiger partial charge in [0.2, 0.25) is 0 Å². The number of halogens is 1. The van der Waals surface area contributed by atoms with E-state index >= 15 is 0 Å². The summed E-state index contributed by atoms with van der Waals surface area (Å²) < 4.78 is 0. The summed E-state index contributed by atoms with van der Waals surface area (Å²) in [6.07, 6.45) is 2.29. The lowest BCUT2D eigenvalue weighted by molar-refractivity contribution is -0.384. The minimum atomic E-state index is -0.565. The molecular weight excluding hydrogens is 370 g/mol. The van der Waals surface area contributed by atoms with Gasteiger partial charge in [0.05, 0.1) is 15.5 Å². The Bertz CT molecular complexity index is 1030. The third-order valence-corrected chi connectivity index (χ3v) is 4.59. The molecule has 0 saturated heterocycles. The van der Waals surface area contributed by atoms with Crippen LogP contribution in [0.4, 0.5) is 11.4 Å². The lowest BCUT2D eigenvalue weighted by Gasteiger charge is -2.07. The second kappa shape index (κ2) is 6.81. The first kappa shape index (κ1) is 17.2. The quantitative estimate of drug-likeness (QED) is 0.507. The van der Waals surface area contributed by atoms with E-state index in [-0.39, 0.29) is 16.3 Å². The highest BCUT2D eigenvalue weighted by Crippen LogP contribution is 2.38. The summed E-state index contributed by atoms with van der Waals surface area (Å²) >= 11 is 5.99. The Morgan fingerprint density at radius 3 is 2.59 bits per heavy atom. The Morgan fingerprint density at radius 1 is 1.22 bits per heavy atom. The van der Waals surface area contributed by atoms with E-state index in [2.05, 4.69) is 20.5 Å². The predicted octanol–water partition coefficient (Wildman–Crippen LogP) is 4.16. The molecule has 1 heterocycles. The number of hydrogen-bond donors (Lipinski definition) is 2. The molecule has 1 aromatic heterocycles. The summed E-state index contributed by atoms with van der Waals surface area (Å²) in [5.74, 6) is 1.58. The number of nitro benzene ring substituents is 1. The summed E-state index contributed by atoms with van der Waals surface area (Å²) in [6, 6.07) is 10.8. The van der Waals surface area contributed by atoms with E-state index in [1.807, 2.05) is 12.1 Å². The molecule has 2 N–H and O–H groups in total. The van der Waals surface area contributed by atoms with Crippen molar-refractivity contribution in [3.63, 3.8) is 0 Å². The monoisotopic (exact) mass is 383 g/mol. The Morgan fingerprint density at radius 2 is 1.96 bits per heavy atom. The number of aromatic nitrogens is 3. The molecule has 0 spiro atoms. The van der Waals surface area contributed by atoms with E-state index in [0.29, 0.717) is 17.4 Å². The lowest BCUT2D eigenvalue weighted by Crippen LogP contribution is -2.12. The topological polar surface area (TPSA) is 114 Å². The zero-order valence-corrected chi connectivity index (χ0v) is 14.7. The molecule has 1 aliphatic rings. The number of hydrogen-bond acceptors (Lipinski definition) is 5. The first-order valence-electron chi connectivity index (χ1n) is 8.29. The summed E-state index contributed by atoms with van der Waals surface area (Å²) in [4.78, 5) is 27.0. The standard InChI is InChI=1S/C18H14ClN5O3/c19-15-9-13(24(26)27)7-8-14(15)18(25)20-12-5-3-11(4-6-12)17-21-16(22-23-17)10-1-2-10/h3-10H,1-2H2,(H,20,25)(H,21,22,23). The largest absolute Gasteiger partial charge is 0.322 e. The van der Waals surface area contributed by atoms with Crippen LogP contribution in [0.25, 0.3) is 11.4 Å². The van der Waals surface area contributed by atoms with Crippen LogP contribution >= 0.6 is 11.6 Å². The molecule has 0 aliphatic heterocycles. The number of nitrogens with zero attached hydrogens (tertiary/aromatic N) is 3. The second-order valence-electron chi connectivity index (χ2n) is 6.27. The maximum Gasteiger partial charge on any atom is 0.270 e. The van der Waals surface area contributed by atoms with Crippen molar-refractivity contribution in [1.29, 1.82) is 0 Å². The maximum absolute atomic E-state index is 12.4. The fourth-order valence-electron chi connectivity index (χ4n) is 2.65. The number of nitro groups is 1. The van der Waals surface area contributed by atoms with Gasteiger partial charge in [0.1, 0.15) is 5.82 Å². The molecule has 136 valence electrons. The number of amides is 1. The van der Waals surface area contributed by atoms with Crippen LogP contribution in [0.3, 0.4) is 0 Å². The molecule has 0 unspecified atom stereocenters. The zero-order chi connectivity index (χ0) is 19.0. The number of H-pyrrole nitrogens is 1. The fourth-order valence-corrected chi connectivity index (χ4v) is 2.91. The smallest absolute Gasteiger partial charge is 0.270 e. The van der Waals surface area contributed by atoms with E-state index in [1.54, 1.807) is 12.1 Å². The highest BCUT2D eigenvalue weighted by Gasteiger charge is 2.27. The van der Waals surface area contributed by atoms with Gasteiger partial charge < -0.3 is 5.32 Å². The molecule has 4 rings (SSSR count). The number of rotatable bonds is 5. The minimum Gasteiger partial charge on any atom is -0.322 e. The minimum absolute atomic E-state index is 0.0200. The van der Waals surface area contributed by atoms with E-state index in [9.17, 15) is 14.9 Å². The number of nitrogens with one attached hydrogen (secondary N) is 2. The molecule has 3 aromatic rings. The van der Waals surface area contributed by atoms with E-state index < -0.39 is 10.8 Å². The van der Waals surface area contributed by atoms with Gasteiger partial charge in [-0.05, 0) is 43.2 Å². The number of anilines is 1. The van der Waals surface area contributed by atoms with Crippen LogP contribution in [0.5, 0.6) is 0 Å². The Labute approximate surface area is 158 Å². The summed E-state index contributed by atoms with van der Waals surface area (Å²) in [6.45, 7) is 0. The van der Waals surface area contributed by atoms with Gasteiger partial charge in [0.25, 0.3) is 11.6 Å². The first-order valence-corrected chi connectivity index (χ1v) is 8.67. The van der Waals surface area contributed by atoms with Gasteiger partial charge in [-0.2, -0.15) is 5.10 Å². The van der Waals surface area contributed by atoms with E-state index in [0.717, 1.165) is 30.3 Å². The molecule has 1 amide bonds. The number of carbonyl (C=O) groups excluding carboxylic acids is 1. The van der Waals surface area contributed by atoms with Crippen molar-refractivity contribution in [1.82, 2.24) is 15.2 Å². The Balaban J connectivity index is 1.47. The summed E-state index contributed by atoms with van der Waals surface area (Å²) in [5, 5.41) is 20.7.